The van der Waals surface area contributed by atoms with E-state index < -0.39 is 12.1 Å². The normalized spacial score (nSPS) is 12.2. The monoisotopic (exact) mass is 315 g/mol. The molecule has 0 heterocycles. The molecule has 2 N–H and O–H groups in total. The summed E-state index contributed by atoms with van der Waals surface area (Å²) in [5.74, 6) is -0.323. The summed E-state index contributed by atoms with van der Waals surface area (Å²) in [5, 5.41) is 12.2. The van der Waals surface area contributed by atoms with Gasteiger partial charge in [0.05, 0.1) is 4.47 Å². The minimum atomic E-state index is -0.928. The molecule has 0 bridgehead atoms. The van der Waals surface area contributed by atoms with Crippen molar-refractivity contribution >= 4 is 21.9 Å². The lowest BCUT2D eigenvalue weighted by Gasteiger charge is -2.18. The number of carboxylic acids is 1. The molecule has 0 amide bonds. The molecule has 0 saturated carbocycles. The summed E-state index contributed by atoms with van der Waals surface area (Å²) in [6.45, 7) is 2.57. The van der Waals surface area contributed by atoms with Crippen molar-refractivity contribution in [2.45, 2.75) is 32.4 Å². The number of rotatable bonds is 7. The van der Waals surface area contributed by atoms with Gasteiger partial charge in [0.1, 0.15) is 5.75 Å². The first-order valence-electron chi connectivity index (χ1n) is 5.91. The number of hydrogen-bond acceptors (Lipinski definition) is 3. The minimum absolute atomic E-state index is 0.496. The molecule has 0 aromatic heterocycles. The highest BCUT2D eigenvalue weighted by molar-refractivity contribution is 9.10. The van der Waals surface area contributed by atoms with Gasteiger partial charge in [-0.2, -0.15) is 0 Å². The Morgan fingerprint density at radius 1 is 1.56 bits per heavy atom. The zero-order valence-corrected chi connectivity index (χ0v) is 12.2. The molecule has 5 heteroatoms. The Kier molecular flexibility index (Phi) is 6.15. The number of halogens is 1. The zero-order chi connectivity index (χ0) is 13.5. The fourth-order valence-electron chi connectivity index (χ4n) is 1.65. The summed E-state index contributed by atoms with van der Waals surface area (Å²) < 4.78 is 6.42. The molecule has 0 aliphatic carbocycles. The largest absolute Gasteiger partial charge is 0.479 e. The van der Waals surface area contributed by atoms with Gasteiger partial charge >= 0.3 is 5.97 Å². The number of ether oxygens (including phenoxy) is 1. The van der Waals surface area contributed by atoms with Gasteiger partial charge < -0.3 is 15.2 Å². The molecule has 0 radical (unpaired) electrons. The molecule has 1 atom stereocenters. The highest BCUT2D eigenvalue weighted by Crippen LogP contribution is 2.30. The molecule has 100 valence electrons. The van der Waals surface area contributed by atoms with Crippen LogP contribution in [0, 0.1) is 0 Å². The van der Waals surface area contributed by atoms with Gasteiger partial charge in [0.25, 0.3) is 0 Å². The maximum absolute atomic E-state index is 11.1. The fraction of sp³-hybridized carbons (Fsp3) is 0.462. The molecule has 1 aromatic rings. The van der Waals surface area contributed by atoms with Gasteiger partial charge in [-0.15, -0.1) is 0 Å². The smallest absolute Gasteiger partial charge is 0.344 e. The van der Waals surface area contributed by atoms with Crippen molar-refractivity contribution in [2.75, 3.05) is 7.05 Å². The standard InChI is InChI=1S/C13H18BrNO3/c1-3-5-11(13(16)17)18-12-9(8-15-2)6-4-7-10(12)14/h4,6-7,11,15H,3,5,8H2,1-2H3,(H,16,17). The van der Waals surface area contributed by atoms with Crippen LogP contribution in [0.1, 0.15) is 25.3 Å². The van der Waals surface area contributed by atoms with Crippen molar-refractivity contribution in [3.05, 3.63) is 28.2 Å². The van der Waals surface area contributed by atoms with Crippen LogP contribution in [0.3, 0.4) is 0 Å². The third-order valence-corrected chi connectivity index (χ3v) is 3.13. The van der Waals surface area contributed by atoms with Crippen LogP contribution in [0.25, 0.3) is 0 Å². The second-order valence-corrected chi connectivity index (χ2v) is 4.85. The molecule has 0 saturated heterocycles. The van der Waals surface area contributed by atoms with Crippen LogP contribution in [0.2, 0.25) is 0 Å². The van der Waals surface area contributed by atoms with Gasteiger partial charge in [-0.05, 0) is 35.5 Å². The van der Waals surface area contributed by atoms with Crippen LogP contribution in [0.5, 0.6) is 5.75 Å². The Hall–Kier alpha value is -1.07. The van der Waals surface area contributed by atoms with Crippen LogP contribution in [-0.4, -0.2) is 24.2 Å². The molecule has 0 aliphatic heterocycles. The third kappa shape index (κ3) is 3.99. The zero-order valence-electron chi connectivity index (χ0n) is 10.6. The first-order chi connectivity index (χ1) is 8.60. The average molecular weight is 316 g/mol. The van der Waals surface area contributed by atoms with Crippen LogP contribution in [-0.2, 0) is 11.3 Å². The topological polar surface area (TPSA) is 58.6 Å². The first-order valence-corrected chi connectivity index (χ1v) is 6.70. The minimum Gasteiger partial charge on any atom is -0.479 e. The first kappa shape index (κ1) is 15.0. The van der Waals surface area contributed by atoms with E-state index in [9.17, 15) is 4.79 Å². The van der Waals surface area contributed by atoms with E-state index in [1.807, 2.05) is 32.2 Å². The number of hydrogen-bond donors (Lipinski definition) is 2. The molecule has 1 unspecified atom stereocenters. The number of aliphatic carboxylic acids is 1. The lowest BCUT2D eigenvalue weighted by Crippen LogP contribution is -2.27. The van der Waals surface area contributed by atoms with Crippen molar-refractivity contribution < 1.29 is 14.6 Å². The quantitative estimate of drug-likeness (QED) is 0.812. The lowest BCUT2D eigenvalue weighted by atomic mass is 10.1. The molecular weight excluding hydrogens is 298 g/mol. The van der Waals surface area contributed by atoms with Gasteiger partial charge in [0.15, 0.2) is 6.10 Å². The Bertz CT molecular complexity index is 409. The Labute approximate surface area is 115 Å². The van der Waals surface area contributed by atoms with Crippen LogP contribution < -0.4 is 10.1 Å². The molecule has 0 aliphatic rings. The third-order valence-electron chi connectivity index (χ3n) is 2.50. The summed E-state index contributed by atoms with van der Waals surface area (Å²) in [4.78, 5) is 11.1. The van der Waals surface area contributed by atoms with E-state index in [1.165, 1.54) is 0 Å². The van der Waals surface area contributed by atoms with Gasteiger partial charge in [-0.3, -0.25) is 0 Å². The van der Waals surface area contributed by atoms with Crippen molar-refractivity contribution in [2.24, 2.45) is 0 Å². The lowest BCUT2D eigenvalue weighted by molar-refractivity contribution is -0.145. The van der Waals surface area contributed by atoms with Crippen molar-refractivity contribution in [3.8, 4) is 5.75 Å². The molecule has 4 nitrogen and oxygen atoms in total. The molecule has 0 fully saturated rings. The van der Waals surface area contributed by atoms with Crippen molar-refractivity contribution in [1.82, 2.24) is 5.32 Å². The molecular formula is C13H18BrNO3. The van der Waals surface area contributed by atoms with E-state index >= 15 is 0 Å². The van der Waals surface area contributed by atoms with Gasteiger partial charge in [0, 0.05) is 12.1 Å². The second kappa shape index (κ2) is 7.38. The van der Waals surface area contributed by atoms with E-state index in [0.29, 0.717) is 18.7 Å². The van der Waals surface area contributed by atoms with Crippen molar-refractivity contribution in [3.63, 3.8) is 0 Å². The van der Waals surface area contributed by atoms with Gasteiger partial charge in [-0.1, -0.05) is 25.5 Å². The molecule has 1 aromatic carbocycles. The SMILES string of the molecule is CCCC(Oc1c(Br)cccc1CNC)C(=O)O. The van der Waals surface area contributed by atoms with E-state index in [2.05, 4.69) is 21.2 Å². The summed E-state index contributed by atoms with van der Waals surface area (Å²) in [5.41, 5.74) is 0.939. The van der Waals surface area contributed by atoms with Crippen LogP contribution in [0.15, 0.2) is 22.7 Å². The van der Waals surface area contributed by atoms with Gasteiger partial charge in [0.2, 0.25) is 0 Å². The maximum Gasteiger partial charge on any atom is 0.344 e. The maximum atomic E-state index is 11.1. The van der Waals surface area contributed by atoms with E-state index in [-0.39, 0.29) is 0 Å². The summed E-state index contributed by atoms with van der Waals surface area (Å²) in [7, 11) is 1.84. The molecule has 0 spiro atoms. The Morgan fingerprint density at radius 2 is 2.28 bits per heavy atom. The van der Waals surface area contributed by atoms with E-state index in [0.717, 1.165) is 16.5 Å². The average Bonchev–Trinajstić information content (AvgIpc) is 2.32. The highest BCUT2D eigenvalue weighted by Gasteiger charge is 2.20. The fourth-order valence-corrected chi connectivity index (χ4v) is 2.15. The molecule has 18 heavy (non-hydrogen) atoms. The Balaban J connectivity index is 2.96. The van der Waals surface area contributed by atoms with Crippen LogP contribution >= 0.6 is 15.9 Å². The number of carbonyl (C=O) groups is 1. The van der Waals surface area contributed by atoms with E-state index in [4.69, 9.17) is 9.84 Å². The number of para-hydroxylation sites is 1. The van der Waals surface area contributed by atoms with Crippen LogP contribution in [0.4, 0.5) is 0 Å². The van der Waals surface area contributed by atoms with E-state index in [1.54, 1.807) is 0 Å². The van der Waals surface area contributed by atoms with Gasteiger partial charge in [-0.25, -0.2) is 4.79 Å². The predicted octanol–water partition coefficient (Wildman–Crippen LogP) is 2.80. The number of carboxylic acid groups (broad SMARTS) is 1. The molecule has 1 rings (SSSR count). The summed E-state index contributed by atoms with van der Waals surface area (Å²) >= 11 is 3.40. The highest BCUT2D eigenvalue weighted by atomic mass is 79.9. The summed E-state index contributed by atoms with van der Waals surface area (Å²) in [6.07, 6.45) is 0.461. The second-order valence-electron chi connectivity index (χ2n) is 3.99. The Morgan fingerprint density at radius 3 is 2.83 bits per heavy atom. The van der Waals surface area contributed by atoms with Crippen molar-refractivity contribution in [1.29, 1.82) is 0 Å². The number of benzene rings is 1. The predicted molar refractivity (Wildman–Crippen MR) is 73.9 cm³/mol. The number of nitrogens with one attached hydrogen (secondary N) is 1. The summed E-state index contributed by atoms with van der Waals surface area (Å²) in [6, 6.07) is 5.67.